The lowest BCUT2D eigenvalue weighted by Crippen LogP contribution is -2.31. The number of carbonyl (C=O) groups is 1. The van der Waals surface area contributed by atoms with E-state index in [9.17, 15) is 22.0 Å². The van der Waals surface area contributed by atoms with E-state index in [2.05, 4.69) is 4.98 Å². The summed E-state index contributed by atoms with van der Waals surface area (Å²) in [7, 11) is -2.95. The van der Waals surface area contributed by atoms with E-state index in [4.69, 9.17) is 23.2 Å². The van der Waals surface area contributed by atoms with Crippen molar-refractivity contribution in [1.82, 2.24) is 14.3 Å². The summed E-state index contributed by atoms with van der Waals surface area (Å²) in [5, 5.41) is -0.258. The van der Waals surface area contributed by atoms with Crippen LogP contribution in [0.15, 0.2) is 47.5 Å². The number of carbonyl (C=O) groups excluding carboxylic acids is 1. The largest absolute Gasteiger partial charge is 0.333 e. The van der Waals surface area contributed by atoms with E-state index in [0.29, 0.717) is 0 Å². The van der Waals surface area contributed by atoms with Crippen LogP contribution in [0, 0.1) is 11.6 Å². The van der Waals surface area contributed by atoms with Gasteiger partial charge in [-0.2, -0.15) is 0 Å². The second-order valence-electron chi connectivity index (χ2n) is 5.64. The lowest BCUT2D eigenvalue weighted by atomic mass is 10.2. The van der Waals surface area contributed by atoms with E-state index in [-0.39, 0.29) is 21.6 Å². The van der Waals surface area contributed by atoms with Crippen molar-refractivity contribution in [3.63, 3.8) is 0 Å². The molecule has 3 aromatic rings. The van der Waals surface area contributed by atoms with Gasteiger partial charge in [0.15, 0.2) is 0 Å². The van der Waals surface area contributed by atoms with E-state index < -0.39 is 38.0 Å². The van der Waals surface area contributed by atoms with Crippen LogP contribution in [-0.2, 0) is 17.1 Å². The van der Waals surface area contributed by atoms with Gasteiger partial charge < -0.3 is 4.57 Å². The minimum absolute atomic E-state index is 0.00728. The Morgan fingerprint density at radius 1 is 1.11 bits per heavy atom. The van der Waals surface area contributed by atoms with Gasteiger partial charge >= 0.3 is 0 Å². The van der Waals surface area contributed by atoms with Gasteiger partial charge in [0, 0.05) is 13.2 Å². The molecule has 28 heavy (non-hydrogen) atoms. The topological polar surface area (TPSA) is 81.1 Å². The zero-order valence-electron chi connectivity index (χ0n) is 14.1. The summed E-state index contributed by atoms with van der Waals surface area (Å²) in [6.07, 6.45) is 1.14. The third-order valence-corrected chi connectivity index (χ3v) is 6.03. The average molecular weight is 446 g/mol. The number of sulfonamides is 1. The number of nitrogens with zero attached hydrogens (tertiary/aromatic N) is 2. The van der Waals surface area contributed by atoms with Crippen LogP contribution in [0.5, 0.6) is 0 Å². The molecule has 146 valence electrons. The van der Waals surface area contributed by atoms with Crippen LogP contribution in [-0.4, -0.2) is 23.9 Å². The molecule has 1 aromatic heterocycles. The highest BCUT2D eigenvalue weighted by molar-refractivity contribution is 7.90. The fourth-order valence-electron chi connectivity index (χ4n) is 2.44. The van der Waals surface area contributed by atoms with Gasteiger partial charge in [-0.3, -0.25) is 4.79 Å². The molecule has 0 fully saturated rings. The molecule has 1 heterocycles. The number of amides is 1. The van der Waals surface area contributed by atoms with Gasteiger partial charge in [0.05, 0.1) is 15.6 Å². The minimum atomic E-state index is -4.36. The van der Waals surface area contributed by atoms with Crippen molar-refractivity contribution < 1.29 is 22.0 Å². The Labute approximate surface area is 168 Å². The smallest absolute Gasteiger partial charge is 0.285 e. The van der Waals surface area contributed by atoms with E-state index in [1.165, 1.54) is 35.9 Å². The number of rotatable bonds is 4. The first kappa shape index (κ1) is 20.2. The zero-order valence-corrected chi connectivity index (χ0v) is 16.4. The van der Waals surface area contributed by atoms with Crippen molar-refractivity contribution in [2.75, 3.05) is 0 Å². The molecule has 6 nitrogen and oxygen atoms in total. The highest BCUT2D eigenvalue weighted by Crippen LogP contribution is 2.29. The molecule has 2 aromatic carbocycles. The number of benzene rings is 2. The first-order chi connectivity index (χ1) is 13.1. The lowest BCUT2D eigenvalue weighted by molar-refractivity contribution is 0.0977. The normalized spacial score (nSPS) is 11.5. The van der Waals surface area contributed by atoms with Crippen LogP contribution in [0.4, 0.5) is 8.78 Å². The molecule has 11 heteroatoms. The predicted molar refractivity (Wildman–Crippen MR) is 99.7 cm³/mol. The lowest BCUT2D eigenvalue weighted by Gasteiger charge is -2.08. The maximum absolute atomic E-state index is 14.0. The molecule has 1 N–H and O–H groups in total. The van der Waals surface area contributed by atoms with Crippen LogP contribution in [0.3, 0.4) is 0 Å². The summed E-state index contributed by atoms with van der Waals surface area (Å²) >= 11 is 11.7. The fraction of sp³-hybridized carbons (Fsp3) is 0.0588. The molecule has 0 aliphatic heterocycles. The molecule has 0 unspecified atom stereocenters. The molecule has 0 aliphatic carbocycles. The highest BCUT2D eigenvalue weighted by Gasteiger charge is 2.25. The number of imidazole rings is 1. The maximum atomic E-state index is 14.0. The number of aryl methyl sites for hydroxylation is 1. The predicted octanol–water partition coefficient (Wildman–Crippen LogP) is 3.79. The van der Waals surface area contributed by atoms with Gasteiger partial charge in [-0.15, -0.1) is 0 Å². The Bertz CT molecular complexity index is 1180. The van der Waals surface area contributed by atoms with E-state index in [0.717, 1.165) is 18.3 Å². The Morgan fingerprint density at radius 2 is 1.71 bits per heavy atom. The summed E-state index contributed by atoms with van der Waals surface area (Å²) in [6, 6.07) is 7.18. The van der Waals surface area contributed by atoms with Crippen molar-refractivity contribution in [2.45, 2.75) is 4.90 Å². The van der Waals surface area contributed by atoms with Crippen molar-refractivity contribution >= 4 is 39.1 Å². The van der Waals surface area contributed by atoms with E-state index >= 15 is 0 Å². The molecular weight excluding hydrogens is 435 g/mol. The molecule has 3 rings (SSSR count). The Balaban J connectivity index is 1.95. The Kier molecular flexibility index (Phi) is 5.42. The standard InChI is InChI=1S/C17H11Cl2F2N3O3S/c1-24-8-12(22-16(24)14-10(20)5-3-6-11(14)21)17(25)23-28(26,27)13-7-2-4-9(18)15(13)19/h2-8H,1H3,(H,23,25). The summed E-state index contributed by atoms with van der Waals surface area (Å²) in [4.78, 5) is 15.8. The third kappa shape index (κ3) is 3.73. The number of hydrogen-bond acceptors (Lipinski definition) is 4. The van der Waals surface area contributed by atoms with Gasteiger partial charge in [-0.05, 0) is 24.3 Å². The molecule has 1 amide bonds. The van der Waals surface area contributed by atoms with Gasteiger partial charge in [-0.25, -0.2) is 26.9 Å². The third-order valence-electron chi connectivity index (χ3n) is 3.73. The van der Waals surface area contributed by atoms with Gasteiger partial charge in [0.25, 0.3) is 15.9 Å². The molecule has 0 atom stereocenters. The first-order valence-corrected chi connectivity index (χ1v) is 9.84. The quantitative estimate of drug-likeness (QED) is 0.662. The highest BCUT2D eigenvalue weighted by atomic mass is 35.5. The molecule has 0 aliphatic rings. The number of nitrogens with one attached hydrogen (secondary N) is 1. The van der Waals surface area contributed by atoms with Crippen LogP contribution in [0.1, 0.15) is 10.5 Å². The summed E-state index contributed by atoms with van der Waals surface area (Å²) in [5.41, 5.74) is -0.799. The number of hydrogen-bond donors (Lipinski definition) is 1. The Hall–Kier alpha value is -2.49. The molecule has 0 radical (unpaired) electrons. The second-order valence-corrected chi connectivity index (χ2v) is 8.08. The zero-order chi connectivity index (χ0) is 20.6. The number of halogens is 4. The second kappa shape index (κ2) is 7.50. The average Bonchev–Trinajstić information content (AvgIpc) is 2.98. The molecular formula is C17H11Cl2F2N3O3S. The monoisotopic (exact) mass is 445 g/mol. The number of aromatic nitrogens is 2. The molecule has 0 saturated carbocycles. The van der Waals surface area contributed by atoms with Gasteiger partial charge in [0.2, 0.25) is 0 Å². The van der Waals surface area contributed by atoms with Crippen molar-refractivity contribution in [2.24, 2.45) is 7.05 Å². The van der Waals surface area contributed by atoms with Crippen LogP contribution in [0.2, 0.25) is 10.0 Å². The minimum Gasteiger partial charge on any atom is -0.333 e. The van der Waals surface area contributed by atoms with Crippen LogP contribution >= 0.6 is 23.2 Å². The summed E-state index contributed by atoms with van der Waals surface area (Å²) in [5.74, 6) is -3.04. The van der Waals surface area contributed by atoms with Crippen LogP contribution < -0.4 is 4.72 Å². The van der Waals surface area contributed by atoms with Crippen LogP contribution in [0.25, 0.3) is 11.4 Å². The summed E-state index contributed by atoms with van der Waals surface area (Å²) < 4.78 is 55.8. The van der Waals surface area contributed by atoms with Gasteiger partial charge in [0.1, 0.15) is 28.0 Å². The van der Waals surface area contributed by atoms with Crippen molar-refractivity contribution in [1.29, 1.82) is 0 Å². The van der Waals surface area contributed by atoms with Crippen molar-refractivity contribution in [3.8, 4) is 11.4 Å². The SMILES string of the molecule is Cn1cc(C(=O)NS(=O)(=O)c2cccc(Cl)c2Cl)nc1-c1c(F)cccc1F. The molecule has 0 saturated heterocycles. The Morgan fingerprint density at radius 3 is 2.36 bits per heavy atom. The molecule has 0 spiro atoms. The maximum Gasteiger partial charge on any atom is 0.285 e. The first-order valence-electron chi connectivity index (χ1n) is 7.60. The molecule has 0 bridgehead atoms. The van der Waals surface area contributed by atoms with Crippen molar-refractivity contribution in [3.05, 3.63) is 70.0 Å². The van der Waals surface area contributed by atoms with E-state index in [1.807, 2.05) is 0 Å². The fourth-order valence-corrected chi connectivity index (χ4v) is 4.16. The summed E-state index contributed by atoms with van der Waals surface area (Å²) in [6.45, 7) is 0. The van der Waals surface area contributed by atoms with E-state index in [1.54, 1.807) is 4.72 Å². The van der Waals surface area contributed by atoms with Gasteiger partial charge in [-0.1, -0.05) is 35.3 Å².